The van der Waals surface area contributed by atoms with Gasteiger partial charge in [-0.15, -0.1) is 11.3 Å². The Morgan fingerprint density at radius 1 is 1.38 bits per heavy atom. The number of aryl methyl sites for hydroxylation is 3. The number of carbonyl (C=O) groups is 1. The van der Waals surface area contributed by atoms with Crippen LogP contribution in [0.15, 0.2) is 30.3 Å². The maximum atomic E-state index is 12.1. The highest BCUT2D eigenvalue weighted by molar-refractivity contribution is 7.15. The van der Waals surface area contributed by atoms with E-state index in [0.29, 0.717) is 11.6 Å². The second-order valence-electron chi connectivity index (χ2n) is 5.00. The van der Waals surface area contributed by atoms with Crippen LogP contribution in [0.1, 0.15) is 29.5 Å². The van der Waals surface area contributed by atoms with Crippen molar-refractivity contribution in [3.63, 3.8) is 0 Å². The summed E-state index contributed by atoms with van der Waals surface area (Å²) in [6, 6.07) is 9.54. The fourth-order valence-electron chi connectivity index (χ4n) is 2.11. The quantitative estimate of drug-likeness (QED) is 0.862. The average Bonchev–Trinajstić information content (AvgIpc) is 2.85. The molecule has 1 aromatic heterocycles. The smallest absolute Gasteiger partial charge is 0.243 e. The van der Waals surface area contributed by atoms with Gasteiger partial charge in [-0.2, -0.15) is 0 Å². The topological polar surface area (TPSA) is 68.0 Å². The van der Waals surface area contributed by atoms with E-state index in [1.54, 1.807) is 0 Å². The van der Waals surface area contributed by atoms with Crippen LogP contribution in [0.3, 0.4) is 0 Å². The number of nitrogens with zero attached hydrogens (tertiary/aromatic N) is 1. The fraction of sp³-hybridized carbons (Fsp3) is 0.375. The van der Waals surface area contributed by atoms with Crippen LogP contribution in [-0.2, 0) is 17.6 Å². The van der Waals surface area contributed by atoms with Crippen LogP contribution in [0.4, 0.5) is 5.13 Å². The highest BCUT2D eigenvalue weighted by Crippen LogP contribution is 2.22. The predicted octanol–water partition coefficient (Wildman–Crippen LogP) is 2.91. The number of thiazole rings is 1. The van der Waals surface area contributed by atoms with Crippen LogP contribution in [0.5, 0.6) is 0 Å². The van der Waals surface area contributed by atoms with Crippen molar-refractivity contribution in [3.05, 3.63) is 46.5 Å². The van der Waals surface area contributed by atoms with Gasteiger partial charge in [0, 0.05) is 4.88 Å². The molecule has 0 fully saturated rings. The fourth-order valence-corrected chi connectivity index (χ4v) is 3.01. The Morgan fingerprint density at radius 2 is 2.10 bits per heavy atom. The van der Waals surface area contributed by atoms with E-state index in [-0.39, 0.29) is 5.91 Å². The normalized spacial score (nSPS) is 12.1. The summed E-state index contributed by atoms with van der Waals surface area (Å²) in [5.74, 6) is -0.165. The molecule has 0 bridgehead atoms. The average molecular weight is 303 g/mol. The van der Waals surface area contributed by atoms with E-state index in [1.807, 2.05) is 37.3 Å². The number of carbonyl (C=O) groups excluding carboxylic acids is 1. The highest BCUT2D eigenvalue weighted by Gasteiger charge is 2.16. The van der Waals surface area contributed by atoms with Crippen molar-refractivity contribution < 1.29 is 4.79 Å². The number of hydrogen-bond acceptors (Lipinski definition) is 4. The predicted molar refractivity (Wildman–Crippen MR) is 87.6 cm³/mol. The van der Waals surface area contributed by atoms with Crippen molar-refractivity contribution in [2.45, 2.75) is 39.2 Å². The first kappa shape index (κ1) is 15.7. The molecule has 2 aromatic rings. The summed E-state index contributed by atoms with van der Waals surface area (Å²) >= 11 is 1.50. The van der Waals surface area contributed by atoms with Gasteiger partial charge in [-0.25, -0.2) is 4.98 Å². The minimum absolute atomic E-state index is 0.165. The first-order valence-corrected chi connectivity index (χ1v) is 7.98. The zero-order valence-electron chi connectivity index (χ0n) is 12.4. The van der Waals surface area contributed by atoms with Gasteiger partial charge in [-0.3, -0.25) is 4.79 Å². The molecule has 0 aliphatic rings. The van der Waals surface area contributed by atoms with Gasteiger partial charge < -0.3 is 11.1 Å². The number of anilines is 1. The number of benzene rings is 1. The summed E-state index contributed by atoms with van der Waals surface area (Å²) in [7, 11) is 0. The lowest BCUT2D eigenvalue weighted by Gasteiger charge is -2.10. The number of nitrogens with one attached hydrogen (secondary N) is 1. The third-order valence-electron chi connectivity index (χ3n) is 3.38. The van der Waals surface area contributed by atoms with E-state index in [0.717, 1.165) is 23.4 Å². The standard InChI is InChI=1S/C16H21N3OS/c1-3-14-11(2)21-16(18-14)19-15(20)13(17)10-9-12-7-5-4-6-8-12/h4-8,13H,3,9-10,17H2,1-2H3,(H,18,19,20). The van der Waals surface area contributed by atoms with Gasteiger partial charge in [0.15, 0.2) is 5.13 Å². The molecular formula is C16H21N3OS. The number of aromatic nitrogens is 1. The van der Waals surface area contributed by atoms with Crippen molar-refractivity contribution in [2.75, 3.05) is 5.32 Å². The molecule has 1 atom stereocenters. The van der Waals surface area contributed by atoms with Crippen LogP contribution >= 0.6 is 11.3 Å². The summed E-state index contributed by atoms with van der Waals surface area (Å²) in [6.07, 6.45) is 2.30. The highest BCUT2D eigenvalue weighted by atomic mass is 32.1. The Morgan fingerprint density at radius 3 is 2.71 bits per heavy atom. The monoisotopic (exact) mass is 303 g/mol. The number of rotatable bonds is 6. The van der Waals surface area contributed by atoms with Crippen LogP contribution in [-0.4, -0.2) is 16.9 Å². The molecule has 1 unspecified atom stereocenters. The van der Waals surface area contributed by atoms with Gasteiger partial charge in [0.2, 0.25) is 5.91 Å². The molecule has 0 saturated heterocycles. The summed E-state index contributed by atoms with van der Waals surface area (Å²) in [5.41, 5.74) is 8.18. The number of amides is 1. The molecule has 0 saturated carbocycles. The van der Waals surface area contributed by atoms with Crippen molar-refractivity contribution in [2.24, 2.45) is 5.73 Å². The summed E-state index contributed by atoms with van der Waals surface area (Å²) < 4.78 is 0. The third-order valence-corrected chi connectivity index (χ3v) is 4.31. The minimum atomic E-state index is -0.514. The Balaban J connectivity index is 1.87. The largest absolute Gasteiger partial charge is 0.320 e. The first-order chi connectivity index (χ1) is 10.1. The van der Waals surface area contributed by atoms with E-state index < -0.39 is 6.04 Å². The Labute approximate surface area is 129 Å². The minimum Gasteiger partial charge on any atom is -0.320 e. The molecule has 0 radical (unpaired) electrons. The van der Waals surface area contributed by atoms with Crippen molar-refractivity contribution in [3.8, 4) is 0 Å². The Hall–Kier alpha value is -1.72. The molecular weight excluding hydrogens is 282 g/mol. The van der Waals surface area contributed by atoms with Gasteiger partial charge >= 0.3 is 0 Å². The summed E-state index contributed by atoms with van der Waals surface area (Å²) in [4.78, 5) is 17.6. The number of nitrogens with two attached hydrogens (primary N) is 1. The van der Waals surface area contributed by atoms with Crippen molar-refractivity contribution >= 4 is 22.4 Å². The first-order valence-electron chi connectivity index (χ1n) is 7.16. The third kappa shape index (κ3) is 4.37. The van der Waals surface area contributed by atoms with Crippen molar-refractivity contribution in [1.82, 2.24) is 4.98 Å². The molecule has 2 rings (SSSR count). The van der Waals surface area contributed by atoms with Crippen LogP contribution in [0.2, 0.25) is 0 Å². The molecule has 0 aliphatic heterocycles. The lowest BCUT2D eigenvalue weighted by molar-refractivity contribution is -0.117. The molecule has 5 heteroatoms. The van der Waals surface area contributed by atoms with Crippen LogP contribution < -0.4 is 11.1 Å². The van der Waals surface area contributed by atoms with Gasteiger partial charge in [0.05, 0.1) is 11.7 Å². The van der Waals surface area contributed by atoms with E-state index in [9.17, 15) is 4.79 Å². The molecule has 1 amide bonds. The molecule has 3 N–H and O–H groups in total. The second-order valence-corrected chi connectivity index (χ2v) is 6.20. The van der Waals surface area contributed by atoms with Gasteiger partial charge in [-0.05, 0) is 31.7 Å². The van der Waals surface area contributed by atoms with Crippen LogP contribution in [0, 0.1) is 6.92 Å². The maximum absolute atomic E-state index is 12.1. The SMILES string of the molecule is CCc1nc(NC(=O)C(N)CCc2ccccc2)sc1C. The lowest BCUT2D eigenvalue weighted by atomic mass is 10.1. The molecule has 112 valence electrons. The molecule has 4 nitrogen and oxygen atoms in total. The van der Waals surface area contributed by atoms with Crippen LogP contribution in [0.25, 0.3) is 0 Å². The zero-order valence-corrected chi connectivity index (χ0v) is 13.2. The van der Waals surface area contributed by atoms with E-state index >= 15 is 0 Å². The molecule has 1 aromatic carbocycles. The summed E-state index contributed by atoms with van der Waals surface area (Å²) in [6.45, 7) is 4.07. The van der Waals surface area contributed by atoms with Crippen molar-refractivity contribution in [1.29, 1.82) is 0 Å². The second kappa shape index (κ2) is 7.33. The molecule has 0 aliphatic carbocycles. The van der Waals surface area contributed by atoms with E-state index in [1.165, 1.54) is 16.9 Å². The van der Waals surface area contributed by atoms with Gasteiger partial charge in [-0.1, -0.05) is 37.3 Å². The Kier molecular flexibility index (Phi) is 5.47. The van der Waals surface area contributed by atoms with Gasteiger partial charge in [0.1, 0.15) is 0 Å². The Bertz CT molecular complexity index is 595. The summed E-state index contributed by atoms with van der Waals surface area (Å²) in [5, 5.41) is 3.46. The van der Waals surface area contributed by atoms with E-state index in [2.05, 4.69) is 17.2 Å². The lowest BCUT2D eigenvalue weighted by Crippen LogP contribution is -2.36. The number of hydrogen-bond donors (Lipinski definition) is 2. The van der Waals surface area contributed by atoms with E-state index in [4.69, 9.17) is 5.73 Å². The maximum Gasteiger partial charge on any atom is 0.243 e. The zero-order chi connectivity index (χ0) is 15.2. The van der Waals surface area contributed by atoms with Gasteiger partial charge in [0.25, 0.3) is 0 Å². The molecule has 0 spiro atoms. The molecule has 21 heavy (non-hydrogen) atoms. The molecule has 1 heterocycles.